The van der Waals surface area contributed by atoms with Crippen LogP contribution in [0.5, 0.6) is 0 Å². The van der Waals surface area contributed by atoms with Crippen LogP contribution in [-0.4, -0.2) is 59.2 Å². The number of fused-ring (bicyclic) bond motifs is 1. The number of hydrogen-bond acceptors (Lipinski definition) is 4. The summed E-state index contributed by atoms with van der Waals surface area (Å²) in [6.45, 7) is 6.31. The fraction of sp³-hybridized carbons (Fsp3) is 0.545. The van der Waals surface area contributed by atoms with Crippen molar-refractivity contribution in [3.63, 3.8) is 0 Å². The standard InChI is InChI=1S/C22H30N4O3S/c1-15-5-6-16(2)18(13-15)17-7-10-25(11-8-17)22(27)21-19-14-26(30(4,28)29)12-9-20(19)24(3)23-21/h5-6,13,17H,7-12,14H2,1-4H3. The Bertz CT molecular complexity index is 1080. The lowest BCUT2D eigenvalue weighted by atomic mass is 9.86. The number of amides is 1. The molecule has 30 heavy (non-hydrogen) atoms. The summed E-state index contributed by atoms with van der Waals surface area (Å²) >= 11 is 0. The highest BCUT2D eigenvalue weighted by molar-refractivity contribution is 7.88. The second kappa shape index (κ2) is 7.81. The molecule has 0 bridgehead atoms. The molecule has 2 aromatic rings. The molecule has 3 heterocycles. The first-order valence-electron chi connectivity index (χ1n) is 10.5. The Morgan fingerprint density at radius 3 is 2.50 bits per heavy atom. The number of carbonyl (C=O) groups excluding carboxylic acids is 1. The molecule has 0 aliphatic carbocycles. The van der Waals surface area contributed by atoms with Crippen LogP contribution in [0.3, 0.4) is 0 Å². The predicted octanol–water partition coefficient (Wildman–Crippen LogP) is 2.37. The third-order valence-corrected chi connectivity index (χ3v) is 7.79. The van der Waals surface area contributed by atoms with E-state index in [2.05, 4.69) is 37.1 Å². The Morgan fingerprint density at radius 2 is 1.83 bits per heavy atom. The van der Waals surface area contributed by atoms with Crippen LogP contribution >= 0.6 is 0 Å². The van der Waals surface area contributed by atoms with Crippen LogP contribution in [0.15, 0.2) is 18.2 Å². The van der Waals surface area contributed by atoms with Gasteiger partial charge in [-0.25, -0.2) is 8.42 Å². The molecular formula is C22H30N4O3S. The Balaban J connectivity index is 1.51. The van der Waals surface area contributed by atoms with Crippen molar-refractivity contribution in [1.29, 1.82) is 0 Å². The highest BCUT2D eigenvalue weighted by atomic mass is 32.2. The Kier molecular flexibility index (Phi) is 5.48. The third kappa shape index (κ3) is 3.90. The number of aromatic nitrogens is 2. The van der Waals surface area contributed by atoms with Crippen molar-refractivity contribution in [2.24, 2.45) is 7.05 Å². The first-order chi connectivity index (χ1) is 14.1. The maximum Gasteiger partial charge on any atom is 0.274 e. The van der Waals surface area contributed by atoms with Gasteiger partial charge in [-0.3, -0.25) is 9.48 Å². The second-order valence-electron chi connectivity index (χ2n) is 8.67. The fourth-order valence-electron chi connectivity index (χ4n) is 4.77. The van der Waals surface area contributed by atoms with Crippen molar-refractivity contribution in [1.82, 2.24) is 19.0 Å². The molecule has 2 aliphatic heterocycles. The molecule has 162 valence electrons. The number of nitrogens with zero attached hydrogens (tertiary/aromatic N) is 4. The van der Waals surface area contributed by atoms with E-state index in [0.29, 0.717) is 37.7 Å². The van der Waals surface area contributed by atoms with Crippen LogP contribution in [0.4, 0.5) is 0 Å². The summed E-state index contributed by atoms with van der Waals surface area (Å²) in [6.07, 6.45) is 3.66. The molecule has 8 heteroatoms. The number of hydrogen-bond donors (Lipinski definition) is 0. The fourth-order valence-corrected chi connectivity index (χ4v) is 5.55. The van der Waals surface area contributed by atoms with Gasteiger partial charge in [0.15, 0.2) is 5.69 Å². The lowest BCUT2D eigenvalue weighted by molar-refractivity contribution is 0.0704. The molecule has 1 amide bonds. The molecule has 1 aromatic carbocycles. The van der Waals surface area contributed by atoms with Crippen molar-refractivity contribution < 1.29 is 13.2 Å². The van der Waals surface area contributed by atoms with E-state index < -0.39 is 10.0 Å². The minimum atomic E-state index is -3.30. The van der Waals surface area contributed by atoms with Gasteiger partial charge in [-0.2, -0.15) is 9.40 Å². The molecule has 0 atom stereocenters. The number of piperidine rings is 1. The van der Waals surface area contributed by atoms with E-state index in [4.69, 9.17) is 0 Å². The molecule has 7 nitrogen and oxygen atoms in total. The minimum Gasteiger partial charge on any atom is -0.337 e. The number of carbonyl (C=O) groups is 1. The predicted molar refractivity (Wildman–Crippen MR) is 116 cm³/mol. The number of benzene rings is 1. The van der Waals surface area contributed by atoms with Crippen LogP contribution in [0.1, 0.15) is 57.2 Å². The Hall–Kier alpha value is -2.19. The van der Waals surface area contributed by atoms with Crippen LogP contribution in [0.2, 0.25) is 0 Å². The number of aryl methyl sites for hydroxylation is 3. The Labute approximate surface area is 178 Å². The average Bonchev–Trinajstić information content (AvgIpc) is 3.05. The van der Waals surface area contributed by atoms with Crippen LogP contribution in [0.25, 0.3) is 0 Å². The molecule has 0 radical (unpaired) electrons. The van der Waals surface area contributed by atoms with Gasteiger partial charge in [-0.05, 0) is 43.7 Å². The summed E-state index contributed by atoms with van der Waals surface area (Å²) in [5.41, 5.74) is 6.10. The van der Waals surface area contributed by atoms with Gasteiger partial charge in [0.05, 0.1) is 6.26 Å². The normalized spacial score (nSPS) is 18.5. The topological polar surface area (TPSA) is 75.5 Å². The second-order valence-corrected chi connectivity index (χ2v) is 10.7. The molecule has 2 aliphatic rings. The van der Waals surface area contributed by atoms with E-state index in [1.165, 1.54) is 27.3 Å². The molecular weight excluding hydrogens is 400 g/mol. The van der Waals surface area contributed by atoms with E-state index in [1.807, 2.05) is 11.9 Å². The summed E-state index contributed by atoms with van der Waals surface area (Å²) in [5.74, 6) is 0.383. The zero-order valence-electron chi connectivity index (χ0n) is 18.2. The van der Waals surface area contributed by atoms with E-state index >= 15 is 0 Å². The summed E-state index contributed by atoms with van der Waals surface area (Å²) in [7, 11) is -1.47. The van der Waals surface area contributed by atoms with Crippen LogP contribution < -0.4 is 0 Å². The molecule has 1 fully saturated rings. The lowest BCUT2D eigenvalue weighted by Gasteiger charge is -2.33. The summed E-state index contributed by atoms with van der Waals surface area (Å²) in [5, 5.41) is 4.49. The highest BCUT2D eigenvalue weighted by Gasteiger charge is 2.33. The van der Waals surface area contributed by atoms with Crippen LogP contribution in [0, 0.1) is 13.8 Å². The third-order valence-electron chi connectivity index (χ3n) is 6.54. The van der Waals surface area contributed by atoms with Gasteiger partial charge in [-0.15, -0.1) is 0 Å². The van der Waals surface area contributed by atoms with Gasteiger partial charge >= 0.3 is 0 Å². The molecule has 4 rings (SSSR count). The maximum absolute atomic E-state index is 13.3. The molecule has 0 saturated carbocycles. The molecule has 1 saturated heterocycles. The van der Waals surface area contributed by atoms with Crippen molar-refractivity contribution >= 4 is 15.9 Å². The van der Waals surface area contributed by atoms with Gasteiger partial charge in [0.2, 0.25) is 10.0 Å². The summed E-state index contributed by atoms with van der Waals surface area (Å²) in [6, 6.07) is 6.59. The van der Waals surface area contributed by atoms with Crippen molar-refractivity contribution in [2.75, 3.05) is 25.9 Å². The highest BCUT2D eigenvalue weighted by Crippen LogP contribution is 2.32. The van der Waals surface area contributed by atoms with Crippen molar-refractivity contribution in [2.45, 2.75) is 45.6 Å². The quantitative estimate of drug-likeness (QED) is 0.749. The number of sulfonamides is 1. The largest absolute Gasteiger partial charge is 0.337 e. The lowest BCUT2D eigenvalue weighted by Crippen LogP contribution is -2.40. The van der Waals surface area contributed by atoms with Crippen molar-refractivity contribution in [3.05, 3.63) is 51.8 Å². The average molecular weight is 431 g/mol. The van der Waals surface area contributed by atoms with Crippen LogP contribution in [-0.2, 0) is 30.0 Å². The molecule has 0 N–H and O–H groups in total. The van der Waals surface area contributed by atoms with Gasteiger partial charge < -0.3 is 4.90 Å². The minimum absolute atomic E-state index is 0.0818. The van der Waals surface area contributed by atoms with E-state index in [0.717, 1.165) is 24.1 Å². The maximum atomic E-state index is 13.3. The molecule has 1 aromatic heterocycles. The smallest absolute Gasteiger partial charge is 0.274 e. The summed E-state index contributed by atoms with van der Waals surface area (Å²) < 4.78 is 27.2. The van der Waals surface area contributed by atoms with Gasteiger partial charge in [0.25, 0.3) is 5.91 Å². The zero-order valence-corrected chi connectivity index (χ0v) is 19.0. The van der Waals surface area contributed by atoms with Gasteiger partial charge in [-0.1, -0.05) is 23.8 Å². The van der Waals surface area contributed by atoms with Gasteiger partial charge in [0.1, 0.15) is 0 Å². The molecule has 0 unspecified atom stereocenters. The number of likely N-dealkylation sites (tertiary alicyclic amines) is 1. The van der Waals surface area contributed by atoms with Crippen molar-refractivity contribution in [3.8, 4) is 0 Å². The monoisotopic (exact) mass is 430 g/mol. The first-order valence-corrected chi connectivity index (χ1v) is 12.4. The van der Waals surface area contributed by atoms with E-state index in [-0.39, 0.29) is 12.5 Å². The first kappa shape index (κ1) is 21.1. The van der Waals surface area contributed by atoms with E-state index in [9.17, 15) is 13.2 Å². The SMILES string of the molecule is Cc1ccc(C)c(C2CCN(C(=O)c3nn(C)c4c3CN(S(C)(=O)=O)CC4)CC2)c1. The van der Waals surface area contributed by atoms with E-state index in [1.54, 1.807) is 4.68 Å². The Morgan fingerprint density at radius 1 is 1.13 bits per heavy atom. The number of rotatable bonds is 3. The summed E-state index contributed by atoms with van der Waals surface area (Å²) in [4.78, 5) is 15.2. The molecule has 0 spiro atoms. The van der Waals surface area contributed by atoms with Gasteiger partial charge in [0, 0.05) is 50.9 Å². The zero-order chi connectivity index (χ0) is 21.6.